The summed E-state index contributed by atoms with van der Waals surface area (Å²) in [5, 5.41) is 7.89. The number of amides is 1. The van der Waals surface area contributed by atoms with Crippen LogP contribution in [0.2, 0.25) is 0 Å². The monoisotopic (exact) mass is 457 g/mol. The van der Waals surface area contributed by atoms with Crippen molar-refractivity contribution < 1.29 is 14.3 Å². The Labute approximate surface area is 196 Å². The molecule has 1 aliphatic rings. The Morgan fingerprint density at radius 3 is 2.48 bits per heavy atom. The fraction of sp³-hybridized carbons (Fsp3) is 0.154. The van der Waals surface area contributed by atoms with Crippen LogP contribution in [0.25, 0.3) is 5.69 Å². The number of rotatable bonds is 7. The van der Waals surface area contributed by atoms with Crippen molar-refractivity contribution in [2.75, 3.05) is 11.9 Å². The number of nitrogens with one attached hydrogen (secondary N) is 1. The summed E-state index contributed by atoms with van der Waals surface area (Å²) in [6, 6.07) is 24.6. The summed E-state index contributed by atoms with van der Waals surface area (Å²) in [6.45, 7) is 2.39. The minimum atomic E-state index is -0.219. The molecule has 7 heteroatoms. The lowest BCUT2D eigenvalue weighted by atomic mass is 10.2. The molecule has 0 fully saturated rings. The van der Waals surface area contributed by atoms with E-state index in [1.165, 1.54) is 0 Å². The Hall–Kier alpha value is -3.71. The number of fused-ring (bicyclic) bond motifs is 1. The summed E-state index contributed by atoms with van der Waals surface area (Å²) in [7, 11) is 0. The van der Waals surface area contributed by atoms with Crippen molar-refractivity contribution in [2.24, 2.45) is 0 Å². The normalized spacial score (nSPS) is 12.3. The number of aromatic nitrogens is 2. The van der Waals surface area contributed by atoms with Crippen LogP contribution in [-0.2, 0) is 11.5 Å². The third-order valence-electron chi connectivity index (χ3n) is 5.28. The van der Waals surface area contributed by atoms with Crippen molar-refractivity contribution in [3.8, 4) is 22.9 Å². The number of hydrogen-bond donors (Lipinski definition) is 1. The fourth-order valence-electron chi connectivity index (χ4n) is 3.72. The van der Waals surface area contributed by atoms with E-state index in [2.05, 4.69) is 5.32 Å². The lowest BCUT2D eigenvalue weighted by Gasteiger charge is -2.14. The molecule has 0 unspecified atom stereocenters. The van der Waals surface area contributed by atoms with Crippen molar-refractivity contribution >= 4 is 23.5 Å². The van der Waals surface area contributed by atoms with E-state index >= 15 is 0 Å². The van der Waals surface area contributed by atoms with Gasteiger partial charge < -0.3 is 14.8 Å². The number of carbonyl (C=O) groups excluding carboxylic acids is 1. The molecule has 0 atom stereocenters. The van der Waals surface area contributed by atoms with Crippen LogP contribution < -0.4 is 14.8 Å². The van der Waals surface area contributed by atoms with Crippen LogP contribution in [0, 0.1) is 0 Å². The molecule has 166 valence electrons. The first-order chi connectivity index (χ1) is 16.2. The Morgan fingerprint density at radius 1 is 0.970 bits per heavy atom. The fourth-order valence-corrected chi connectivity index (χ4v) is 4.75. The van der Waals surface area contributed by atoms with Gasteiger partial charge >= 0.3 is 0 Å². The molecule has 3 aromatic carbocycles. The molecule has 2 heterocycles. The summed E-state index contributed by atoms with van der Waals surface area (Å²) in [4.78, 5) is 13.2. The average molecular weight is 458 g/mol. The Morgan fingerprint density at radius 2 is 1.70 bits per heavy atom. The second-order valence-electron chi connectivity index (χ2n) is 7.47. The molecule has 0 saturated heterocycles. The van der Waals surface area contributed by atoms with Gasteiger partial charge in [-0.1, -0.05) is 30.3 Å². The third kappa shape index (κ3) is 4.45. The molecule has 4 aromatic rings. The first-order valence-electron chi connectivity index (χ1n) is 10.8. The van der Waals surface area contributed by atoms with Gasteiger partial charge in [-0.3, -0.25) is 4.79 Å². The van der Waals surface area contributed by atoms with Gasteiger partial charge in [-0.05, 0) is 55.5 Å². The van der Waals surface area contributed by atoms with Gasteiger partial charge in [0.2, 0.25) is 0 Å². The van der Waals surface area contributed by atoms with Crippen LogP contribution in [0.1, 0.15) is 28.5 Å². The second kappa shape index (κ2) is 9.42. The van der Waals surface area contributed by atoms with Crippen LogP contribution in [0.3, 0.4) is 0 Å². The molecule has 1 aromatic heterocycles. The lowest BCUT2D eigenvalue weighted by Crippen LogP contribution is -2.17. The summed E-state index contributed by atoms with van der Waals surface area (Å²) in [5.74, 6) is 4.20. The van der Waals surface area contributed by atoms with E-state index in [-0.39, 0.29) is 5.91 Å². The highest BCUT2D eigenvalue weighted by Crippen LogP contribution is 2.37. The highest BCUT2D eigenvalue weighted by Gasteiger charge is 2.25. The highest BCUT2D eigenvalue weighted by molar-refractivity contribution is 7.98. The number of anilines is 1. The number of carbonyl (C=O) groups is 1. The number of nitrogens with zero attached hydrogens (tertiary/aromatic N) is 2. The zero-order valence-corrected chi connectivity index (χ0v) is 19.0. The number of hydrogen-bond acceptors (Lipinski definition) is 5. The van der Waals surface area contributed by atoms with Crippen molar-refractivity contribution in [3.05, 3.63) is 95.7 Å². The molecule has 0 radical (unpaired) electrons. The Bertz CT molecular complexity index is 1270. The molecule has 0 spiro atoms. The van der Waals surface area contributed by atoms with Gasteiger partial charge in [0.1, 0.15) is 23.1 Å². The number of ether oxygens (including phenoxy) is 2. The molecule has 6 nitrogen and oxygen atoms in total. The Balaban J connectivity index is 1.44. The van der Waals surface area contributed by atoms with Gasteiger partial charge in [-0.2, -0.15) is 16.9 Å². The quantitative estimate of drug-likeness (QED) is 0.365. The Kier molecular flexibility index (Phi) is 6.04. The van der Waals surface area contributed by atoms with Crippen LogP contribution in [0.5, 0.6) is 17.2 Å². The SMILES string of the molecule is CCOc1ccccc1C(=O)Nc1c2c(nn1-c1ccc(Oc3ccccc3)cc1)CSC2. The van der Waals surface area contributed by atoms with E-state index < -0.39 is 0 Å². The van der Waals surface area contributed by atoms with Crippen molar-refractivity contribution in [1.29, 1.82) is 0 Å². The van der Waals surface area contributed by atoms with E-state index in [0.29, 0.717) is 23.7 Å². The minimum absolute atomic E-state index is 0.219. The first-order valence-corrected chi connectivity index (χ1v) is 11.9. The van der Waals surface area contributed by atoms with Crippen LogP contribution in [-0.4, -0.2) is 22.3 Å². The zero-order valence-electron chi connectivity index (χ0n) is 18.2. The molecule has 1 amide bonds. The van der Waals surface area contributed by atoms with E-state index in [1.54, 1.807) is 28.6 Å². The molecule has 5 rings (SSSR count). The van der Waals surface area contributed by atoms with E-state index in [1.807, 2.05) is 73.7 Å². The molecule has 0 aliphatic carbocycles. The highest BCUT2D eigenvalue weighted by atomic mass is 32.2. The van der Waals surface area contributed by atoms with Crippen LogP contribution in [0.4, 0.5) is 5.82 Å². The smallest absolute Gasteiger partial charge is 0.260 e. The standard InChI is InChI=1S/C26H23N3O3S/c1-2-31-24-11-7-6-10-21(24)26(30)27-25-22-16-33-17-23(22)28-29(25)18-12-14-20(15-13-18)32-19-8-4-3-5-9-19/h3-15H,2,16-17H2,1H3,(H,27,30). The lowest BCUT2D eigenvalue weighted by molar-refractivity contribution is 0.102. The van der Waals surface area contributed by atoms with Crippen LogP contribution >= 0.6 is 11.8 Å². The molecular weight excluding hydrogens is 434 g/mol. The number of benzene rings is 3. The zero-order chi connectivity index (χ0) is 22.6. The molecule has 0 saturated carbocycles. The minimum Gasteiger partial charge on any atom is -0.493 e. The summed E-state index contributed by atoms with van der Waals surface area (Å²) in [5.41, 5.74) is 3.41. The van der Waals surface area contributed by atoms with E-state index in [4.69, 9.17) is 14.6 Å². The third-order valence-corrected chi connectivity index (χ3v) is 6.25. The number of thioether (sulfide) groups is 1. The average Bonchev–Trinajstić information content (AvgIpc) is 3.43. The predicted molar refractivity (Wildman–Crippen MR) is 131 cm³/mol. The molecule has 0 bridgehead atoms. The maximum Gasteiger partial charge on any atom is 0.260 e. The summed E-state index contributed by atoms with van der Waals surface area (Å²) < 4.78 is 13.4. The maximum atomic E-state index is 13.2. The van der Waals surface area contributed by atoms with Crippen molar-refractivity contribution in [3.63, 3.8) is 0 Å². The molecule has 33 heavy (non-hydrogen) atoms. The molecular formula is C26H23N3O3S. The molecule has 1 aliphatic heterocycles. The van der Waals surface area contributed by atoms with Gasteiger partial charge in [0.05, 0.1) is 23.6 Å². The largest absolute Gasteiger partial charge is 0.493 e. The van der Waals surface area contributed by atoms with Gasteiger partial charge in [0, 0.05) is 17.1 Å². The topological polar surface area (TPSA) is 65.4 Å². The van der Waals surface area contributed by atoms with Crippen LogP contribution in [0.15, 0.2) is 78.9 Å². The van der Waals surface area contributed by atoms with Crippen molar-refractivity contribution in [1.82, 2.24) is 9.78 Å². The van der Waals surface area contributed by atoms with E-state index in [9.17, 15) is 4.79 Å². The van der Waals surface area contributed by atoms with Gasteiger partial charge in [-0.25, -0.2) is 4.68 Å². The van der Waals surface area contributed by atoms with E-state index in [0.717, 1.165) is 39.9 Å². The van der Waals surface area contributed by atoms with Gasteiger partial charge in [-0.15, -0.1) is 0 Å². The second-order valence-corrected chi connectivity index (χ2v) is 8.46. The number of para-hydroxylation sites is 2. The first kappa shape index (κ1) is 21.2. The summed E-state index contributed by atoms with van der Waals surface area (Å²) >= 11 is 1.79. The maximum absolute atomic E-state index is 13.2. The van der Waals surface area contributed by atoms with Gasteiger partial charge in [0.25, 0.3) is 5.91 Å². The molecule has 1 N–H and O–H groups in total. The summed E-state index contributed by atoms with van der Waals surface area (Å²) in [6.07, 6.45) is 0. The van der Waals surface area contributed by atoms with Gasteiger partial charge in [0.15, 0.2) is 0 Å². The van der Waals surface area contributed by atoms with Crippen molar-refractivity contribution in [2.45, 2.75) is 18.4 Å². The predicted octanol–water partition coefficient (Wildman–Crippen LogP) is 6.06.